The fourth-order valence-corrected chi connectivity index (χ4v) is 4.22. The molecule has 0 unspecified atom stereocenters. The maximum Gasteiger partial charge on any atom is 0.250 e. The minimum absolute atomic E-state index is 0.0455. The number of carbonyl (C=O) groups excluding carboxylic acids is 2. The Hall–Kier alpha value is -2.40. The Morgan fingerprint density at radius 1 is 1.11 bits per heavy atom. The largest absolute Gasteiger partial charge is 0.343 e. The number of amides is 1. The van der Waals surface area contributed by atoms with Gasteiger partial charge in [-0.2, -0.15) is 0 Å². The van der Waals surface area contributed by atoms with E-state index in [2.05, 4.69) is 16.7 Å². The minimum atomic E-state index is -0.0455. The molecule has 1 saturated heterocycles. The lowest BCUT2D eigenvalue weighted by Gasteiger charge is -2.26. The summed E-state index contributed by atoms with van der Waals surface area (Å²) in [6, 6.07) is 10.3. The zero-order valence-corrected chi connectivity index (χ0v) is 15.9. The van der Waals surface area contributed by atoms with Crippen molar-refractivity contribution in [2.45, 2.75) is 52.0 Å². The topological polar surface area (TPSA) is 51.5 Å². The number of hydrogen-bond donors (Lipinski definition) is 0. The van der Waals surface area contributed by atoms with Gasteiger partial charge in [-0.1, -0.05) is 30.3 Å². The van der Waals surface area contributed by atoms with Crippen LogP contribution in [-0.2, 0) is 29.0 Å². The van der Waals surface area contributed by atoms with Gasteiger partial charge in [-0.25, -0.2) is 5.06 Å². The van der Waals surface area contributed by atoms with Crippen LogP contribution in [0.1, 0.15) is 58.6 Å². The monoisotopic (exact) mass is 366 g/mol. The van der Waals surface area contributed by atoms with Gasteiger partial charge in [0.15, 0.2) is 5.78 Å². The van der Waals surface area contributed by atoms with Crippen LogP contribution < -0.4 is 0 Å². The highest BCUT2D eigenvalue weighted by Gasteiger charge is 2.30. The van der Waals surface area contributed by atoms with Gasteiger partial charge in [0.2, 0.25) is 0 Å². The van der Waals surface area contributed by atoms with Gasteiger partial charge in [0, 0.05) is 36.5 Å². The second-order valence-electron chi connectivity index (χ2n) is 7.45. The average Bonchev–Trinajstić information content (AvgIpc) is 2.96. The zero-order chi connectivity index (χ0) is 18.8. The smallest absolute Gasteiger partial charge is 0.250 e. The van der Waals surface area contributed by atoms with Crippen LogP contribution in [0.5, 0.6) is 0 Å². The van der Waals surface area contributed by atoms with Crippen molar-refractivity contribution in [2.75, 3.05) is 13.2 Å². The summed E-state index contributed by atoms with van der Waals surface area (Å²) in [5.74, 6) is 0.129. The molecule has 1 amide bonds. The molecule has 1 aromatic heterocycles. The molecule has 1 aliphatic heterocycles. The van der Waals surface area contributed by atoms with Gasteiger partial charge in [-0.15, -0.1) is 0 Å². The van der Waals surface area contributed by atoms with E-state index in [1.807, 2.05) is 25.1 Å². The second-order valence-corrected chi connectivity index (χ2v) is 7.45. The second kappa shape index (κ2) is 7.69. The first kappa shape index (κ1) is 18.0. The van der Waals surface area contributed by atoms with Crippen LogP contribution >= 0.6 is 0 Å². The van der Waals surface area contributed by atoms with E-state index in [4.69, 9.17) is 4.84 Å². The summed E-state index contributed by atoms with van der Waals surface area (Å²) in [4.78, 5) is 31.0. The molecule has 4 rings (SSSR count). The van der Waals surface area contributed by atoms with Crippen molar-refractivity contribution in [2.24, 2.45) is 0 Å². The molecule has 0 N–H and O–H groups in total. The minimum Gasteiger partial charge on any atom is -0.343 e. The van der Waals surface area contributed by atoms with E-state index in [9.17, 15) is 9.59 Å². The van der Waals surface area contributed by atoms with Gasteiger partial charge < -0.3 is 4.57 Å². The molecule has 1 aromatic carbocycles. The third kappa shape index (κ3) is 3.56. The number of benzene rings is 1. The van der Waals surface area contributed by atoms with Crippen LogP contribution in [0, 0.1) is 6.92 Å². The maximum absolute atomic E-state index is 12.8. The highest BCUT2D eigenvalue weighted by atomic mass is 16.7. The Labute approximate surface area is 159 Å². The van der Waals surface area contributed by atoms with Crippen LogP contribution in [0.4, 0.5) is 0 Å². The summed E-state index contributed by atoms with van der Waals surface area (Å²) in [6.07, 6.45) is 4.54. The molecule has 5 nitrogen and oxygen atoms in total. The Balaban J connectivity index is 1.68. The van der Waals surface area contributed by atoms with E-state index in [0.717, 1.165) is 54.7 Å². The normalized spacial score (nSPS) is 17.1. The van der Waals surface area contributed by atoms with E-state index < -0.39 is 0 Å². The van der Waals surface area contributed by atoms with Gasteiger partial charge in [-0.05, 0) is 43.7 Å². The number of nitrogens with zero attached hydrogens (tertiary/aromatic N) is 2. The molecule has 1 fully saturated rings. The average molecular weight is 366 g/mol. The van der Waals surface area contributed by atoms with Crippen molar-refractivity contribution in [1.82, 2.24) is 9.63 Å². The lowest BCUT2D eigenvalue weighted by Crippen LogP contribution is -2.37. The molecule has 2 heterocycles. The van der Waals surface area contributed by atoms with Crippen LogP contribution in [-0.4, -0.2) is 34.5 Å². The molecule has 27 heavy (non-hydrogen) atoms. The molecule has 0 spiro atoms. The van der Waals surface area contributed by atoms with Crippen LogP contribution in [0.2, 0.25) is 0 Å². The van der Waals surface area contributed by atoms with Gasteiger partial charge in [0.05, 0.1) is 13.0 Å². The molecule has 1 aliphatic carbocycles. The number of fused-ring (bicyclic) bond motifs is 1. The summed E-state index contributed by atoms with van der Waals surface area (Å²) >= 11 is 0. The van der Waals surface area contributed by atoms with E-state index in [1.165, 1.54) is 10.6 Å². The Bertz CT molecular complexity index is 848. The molecule has 0 radical (unpaired) electrons. The summed E-state index contributed by atoms with van der Waals surface area (Å²) in [5.41, 5.74) is 5.01. The number of rotatable bonds is 4. The van der Waals surface area contributed by atoms with Crippen molar-refractivity contribution in [3.05, 3.63) is 58.4 Å². The molecule has 0 saturated carbocycles. The molecular weight excluding hydrogens is 340 g/mol. The van der Waals surface area contributed by atoms with Crippen LogP contribution in [0.25, 0.3) is 0 Å². The van der Waals surface area contributed by atoms with Gasteiger partial charge in [0.1, 0.15) is 0 Å². The quantitative estimate of drug-likeness (QED) is 0.833. The Morgan fingerprint density at radius 3 is 2.67 bits per heavy atom. The zero-order valence-electron chi connectivity index (χ0n) is 15.9. The highest BCUT2D eigenvalue weighted by Crippen LogP contribution is 2.31. The number of hydrogen-bond acceptors (Lipinski definition) is 3. The number of Topliss-reactive ketones (excluding diaryl/α,β-unsaturated/α-hetero) is 1. The number of hydroxylamine groups is 2. The lowest BCUT2D eigenvalue weighted by molar-refractivity contribution is -0.196. The summed E-state index contributed by atoms with van der Waals surface area (Å²) in [7, 11) is 0. The summed E-state index contributed by atoms with van der Waals surface area (Å²) < 4.78 is 2.24. The molecule has 2 aliphatic rings. The van der Waals surface area contributed by atoms with E-state index in [0.29, 0.717) is 19.6 Å². The van der Waals surface area contributed by atoms with Crippen molar-refractivity contribution < 1.29 is 14.4 Å². The predicted octanol–water partition coefficient (Wildman–Crippen LogP) is 3.46. The standard InChI is InChI=1S/C22H26N2O3/c1-16-18(14-21(26)24-12-5-6-13-27-24)22-19(10-7-11-20(22)25)23(16)15-17-8-3-2-4-9-17/h2-4,8-9H,5-7,10-15H2,1H3. The number of aromatic nitrogens is 1. The van der Waals surface area contributed by atoms with Crippen LogP contribution in [0.3, 0.4) is 0 Å². The fraction of sp³-hybridized carbons (Fsp3) is 0.455. The van der Waals surface area contributed by atoms with Crippen molar-refractivity contribution in [3.63, 3.8) is 0 Å². The number of carbonyl (C=O) groups is 2. The predicted molar refractivity (Wildman–Crippen MR) is 103 cm³/mol. The van der Waals surface area contributed by atoms with Crippen molar-refractivity contribution in [1.29, 1.82) is 0 Å². The molecule has 0 atom stereocenters. The van der Waals surface area contributed by atoms with Crippen molar-refractivity contribution in [3.8, 4) is 0 Å². The van der Waals surface area contributed by atoms with Gasteiger partial charge in [0.25, 0.3) is 5.91 Å². The molecular formula is C22H26N2O3. The van der Waals surface area contributed by atoms with E-state index in [-0.39, 0.29) is 18.1 Å². The Morgan fingerprint density at radius 2 is 1.93 bits per heavy atom. The maximum atomic E-state index is 12.8. The lowest BCUT2D eigenvalue weighted by atomic mass is 9.92. The first-order chi connectivity index (χ1) is 13.1. The van der Waals surface area contributed by atoms with Crippen LogP contribution in [0.15, 0.2) is 30.3 Å². The molecule has 2 aromatic rings. The Kier molecular flexibility index (Phi) is 5.12. The SMILES string of the molecule is Cc1c(CC(=O)N2CCCCO2)c2c(n1Cc1ccccc1)CCCC2=O. The third-order valence-corrected chi connectivity index (χ3v) is 5.65. The molecule has 142 valence electrons. The first-order valence-electron chi connectivity index (χ1n) is 9.86. The van der Waals surface area contributed by atoms with Gasteiger partial charge in [-0.3, -0.25) is 14.4 Å². The summed E-state index contributed by atoms with van der Waals surface area (Å²) in [6.45, 7) is 4.00. The molecule has 5 heteroatoms. The highest BCUT2D eigenvalue weighted by molar-refractivity contribution is 6.01. The van der Waals surface area contributed by atoms with Crippen molar-refractivity contribution >= 4 is 11.7 Å². The molecule has 0 bridgehead atoms. The van der Waals surface area contributed by atoms with Gasteiger partial charge >= 0.3 is 0 Å². The first-order valence-corrected chi connectivity index (χ1v) is 9.86. The van der Waals surface area contributed by atoms with E-state index in [1.54, 1.807) is 0 Å². The third-order valence-electron chi connectivity index (χ3n) is 5.65. The summed E-state index contributed by atoms with van der Waals surface area (Å²) in [5, 5.41) is 1.48. The number of ketones is 1. The van der Waals surface area contributed by atoms with E-state index >= 15 is 0 Å². The fourth-order valence-electron chi connectivity index (χ4n) is 4.22.